The largest absolute Gasteiger partial charge is 0.421 e. The Morgan fingerprint density at radius 2 is 1.96 bits per heavy atom. The summed E-state index contributed by atoms with van der Waals surface area (Å²) >= 11 is 0. The number of benzene rings is 1. The van der Waals surface area contributed by atoms with Crippen LogP contribution in [0.3, 0.4) is 0 Å². The summed E-state index contributed by atoms with van der Waals surface area (Å²) in [5.41, 5.74) is -3.72. The van der Waals surface area contributed by atoms with Gasteiger partial charge in [0.1, 0.15) is 6.04 Å². The number of likely N-dealkylation sites (N-methyl/N-ethyl adjacent to an activating group) is 1. The van der Waals surface area contributed by atoms with E-state index < -0.39 is 35.7 Å². The van der Waals surface area contributed by atoms with Crippen LogP contribution < -0.4 is 5.32 Å². The summed E-state index contributed by atoms with van der Waals surface area (Å²) in [6.45, 7) is 0.423. The average molecular weight is 330 g/mol. The maximum Gasteiger partial charge on any atom is 0.421 e. The van der Waals surface area contributed by atoms with E-state index in [1.165, 1.54) is 23.1 Å². The first-order chi connectivity index (χ1) is 10.6. The van der Waals surface area contributed by atoms with E-state index in [0.717, 1.165) is 12.1 Å². The lowest BCUT2D eigenvalue weighted by Crippen LogP contribution is -2.48. The SMILES string of the molecule is CN1CC[C@H](NC(=O)C[C@](O)(c2ccccc2)C(F)(F)F)C1=O. The molecule has 0 aromatic heterocycles. The van der Waals surface area contributed by atoms with Gasteiger partial charge in [0, 0.05) is 13.6 Å². The Hall–Kier alpha value is -2.09. The fraction of sp³-hybridized carbons (Fsp3) is 0.467. The number of alkyl halides is 3. The van der Waals surface area contributed by atoms with E-state index in [-0.39, 0.29) is 5.91 Å². The molecule has 2 rings (SSSR count). The highest BCUT2D eigenvalue weighted by molar-refractivity contribution is 5.89. The minimum Gasteiger partial charge on any atom is -0.376 e. The summed E-state index contributed by atoms with van der Waals surface area (Å²) in [6, 6.07) is 5.57. The van der Waals surface area contributed by atoms with Crippen molar-refractivity contribution >= 4 is 11.8 Å². The Bertz CT molecular complexity index is 591. The Balaban J connectivity index is 2.16. The van der Waals surface area contributed by atoms with Crippen LogP contribution in [0, 0.1) is 0 Å². The van der Waals surface area contributed by atoms with E-state index in [1.807, 2.05) is 0 Å². The minimum absolute atomic E-state index is 0.330. The summed E-state index contributed by atoms with van der Waals surface area (Å²) in [4.78, 5) is 25.0. The van der Waals surface area contributed by atoms with Crippen molar-refractivity contribution in [3.63, 3.8) is 0 Å². The van der Waals surface area contributed by atoms with E-state index in [1.54, 1.807) is 7.05 Å². The van der Waals surface area contributed by atoms with Crippen molar-refractivity contribution in [1.82, 2.24) is 10.2 Å². The molecule has 2 amide bonds. The highest BCUT2D eigenvalue weighted by Gasteiger charge is 2.56. The van der Waals surface area contributed by atoms with Crippen LogP contribution in [0.2, 0.25) is 0 Å². The fourth-order valence-corrected chi connectivity index (χ4v) is 2.51. The van der Waals surface area contributed by atoms with Crippen LogP contribution in [0.1, 0.15) is 18.4 Å². The minimum atomic E-state index is -5.03. The standard InChI is InChI=1S/C15H17F3N2O3/c1-20-8-7-11(13(20)22)19-12(21)9-14(23,15(16,17)18)10-5-3-2-4-6-10/h2-6,11,23H,7-9H2,1H3,(H,19,21)/t11-,14-/m0/s1. The molecule has 2 N–H and O–H groups in total. The first-order valence-corrected chi connectivity index (χ1v) is 7.04. The monoisotopic (exact) mass is 330 g/mol. The van der Waals surface area contributed by atoms with Gasteiger partial charge in [0.25, 0.3) is 0 Å². The molecule has 126 valence electrons. The van der Waals surface area contributed by atoms with Crippen molar-refractivity contribution in [2.24, 2.45) is 0 Å². The second-order valence-corrected chi connectivity index (χ2v) is 5.57. The number of nitrogens with zero attached hydrogens (tertiary/aromatic N) is 1. The van der Waals surface area contributed by atoms with Crippen molar-refractivity contribution in [3.8, 4) is 0 Å². The van der Waals surface area contributed by atoms with Crippen LogP contribution in [0.15, 0.2) is 30.3 Å². The predicted molar refractivity (Wildman–Crippen MR) is 75.2 cm³/mol. The van der Waals surface area contributed by atoms with Crippen molar-refractivity contribution in [1.29, 1.82) is 0 Å². The van der Waals surface area contributed by atoms with Crippen LogP contribution in [-0.2, 0) is 15.2 Å². The number of halogens is 3. The lowest BCUT2D eigenvalue weighted by atomic mass is 9.89. The Labute approximate surface area is 131 Å². The topological polar surface area (TPSA) is 69.6 Å². The molecule has 1 heterocycles. The molecule has 0 radical (unpaired) electrons. The third kappa shape index (κ3) is 3.47. The molecule has 1 fully saturated rings. The Morgan fingerprint density at radius 1 is 1.35 bits per heavy atom. The molecule has 0 bridgehead atoms. The normalized spacial score (nSPS) is 21.2. The van der Waals surface area contributed by atoms with Gasteiger partial charge >= 0.3 is 6.18 Å². The molecule has 0 aliphatic carbocycles. The van der Waals surface area contributed by atoms with Gasteiger partial charge in [-0.3, -0.25) is 9.59 Å². The number of nitrogens with one attached hydrogen (secondary N) is 1. The smallest absolute Gasteiger partial charge is 0.376 e. The van der Waals surface area contributed by atoms with Gasteiger partial charge in [-0.2, -0.15) is 13.2 Å². The zero-order chi connectivity index (χ0) is 17.3. The first kappa shape index (κ1) is 17.3. The third-order valence-corrected chi connectivity index (χ3v) is 3.90. The van der Waals surface area contributed by atoms with Gasteiger partial charge < -0.3 is 15.3 Å². The maximum absolute atomic E-state index is 13.3. The number of rotatable bonds is 4. The van der Waals surface area contributed by atoms with Gasteiger partial charge in [-0.15, -0.1) is 0 Å². The van der Waals surface area contributed by atoms with E-state index in [9.17, 15) is 27.9 Å². The van der Waals surface area contributed by atoms with Crippen molar-refractivity contribution in [2.45, 2.75) is 30.7 Å². The quantitative estimate of drug-likeness (QED) is 0.871. The van der Waals surface area contributed by atoms with Crippen molar-refractivity contribution in [3.05, 3.63) is 35.9 Å². The van der Waals surface area contributed by atoms with E-state index in [4.69, 9.17) is 0 Å². The van der Waals surface area contributed by atoms with Crippen LogP contribution in [0.4, 0.5) is 13.2 Å². The Morgan fingerprint density at radius 3 is 2.43 bits per heavy atom. The van der Waals surface area contributed by atoms with Gasteiger partial charge in [0.2, 0.25) is 11.8 Å². The molecule has 0 unspecified atom stereocenters. The molecule has 5 nitrogen and oxygen atoms in total. The summed E-state index contributed by atoms with van der Waals surface area (Å²) in [6.07, 6.45) is -5.90. The van der Waals surface area contributed by atoms with E-state index in [2.05, 4.69) is 5.32 Å². The number of likely N-dealkylation sites (tertiary alicyclic amines) is 1. The van der Waals surface area contributed by atoms with Gasteiger partial charge in [0.05, 0.1) is 6.42 Å². The predicted octanol–water partition coefficient (Wildman–Crippen LogP) is 1.17. The number of hydrogen-bond acceptors (Lipinski definition) is 3. The molecule has 2 atom stereocenters. The molecule has 1 aliphatic heterocycles. The van der Waals surface area contributed by atoms with E-state index >= 15 is 0 Å². The summed E-state index contributed by atoms with van der Waals surface area (Å²) in [5, 5.41) is 12.4. The molecular weight excluding hydrogens is 313 g/mol. The molecule has 1 aromatic carbocycles. The molecule has 0 spiro atoms. The molecule has 0 saturated carbocycles. The number of hydrogen-bond donors (Lipinski definition) is 2. The highest BCUT2D eigenvalue weighted by atomic mass is 19.4. The van der Waals surface area contributed by atoms with Crippen LogP contribution in [0.5, 0.6) is 0 Å². The number of aliphatic hydroxyl groups is 1. The zero-order valence-electron chi connectivity index (χ0n) is 12.4. The molecule has 23 heavy (non-hydrogen) atoms. The van der Waals surface area contributed by atoms with Gasteiger partial charge in [-0.05, 0) is 12.0 Å². The van der Waals surface area contributed by atoms with Gasteiger partial charge in [-0.1, -0.05) is 30.3 Å². The molecule has 8 heteroatoms. The average Bonchev–Trinajstić information content (AvgIpc) is 2.79. The van der Waals surface area contributed by atoms with Gasteiger partial charge in [-0.25, -0.2) is 0 Å². The molecule has 1 aromatic rings. The molecule has 1 saturated heterocycles. The van der Waals surface area contributed by atoms with Crippen molar-refractivity contribution in [2.75, 3.05) is 13.6 Å². The summed E-state index contributed by atoms with van der Waals surface area (Å²) in [5.74, 6) is -1.38. The van der Waals surface area contributed by atoms with Gasteiger partial charge in [0.15, 0.2) is 5.60 Å². The number of carbonyl (C=O) groups is 2. The van der Waals surface area contributed by atoms with E-state index in [0.29, 0.717) is 13.0 Å². The Kier molecular flexibility index (Phi) is 4.65. The van der Waals surface area contributed by atoms with Crippen LogP contribution >= 0.6 is 0 Å². The van der Waals surface area contributed by atoms with Crippen molar-refractivity contribution < 1.29 is 27.9 Å². The summed E-state index contributed by atoms with van der Waals surface area (Å²) < 4.78 is 39.9. The number of amides is 2. The molecule has 1 aliphatic rings. The summed E-state index contributed by atoms with van der Waals surface area (Å²) in [7, 11) is 1.55. The molecular formula is C15H17F3N2O3. The third-order valence-electron chi connectivity index (χ3n) is 3.90. The number of carbonyl (C=O) groups excluding carboxylic acids is 2. The zero-order valence-corrected chi connectivity index (χ0v) is 12.4. The fourth-order valence-electron chi connectivity index (χ4n) is 2.51. The second kappa shape index (κ2) is 6.19. The van der Waals surface area contributed by atoms with Crippen LogP contribution in [0.25, 0.3) is 0 Å². The lowest BCUT2D eigenvalue weighted by molar-refractivity contribution is -0.267. The highest BCUT2D eigenvalue weighted by Crippen LogP contribution is 2.41. The van der Waals surface area contributed by atoms with Crippen LogP contribution in [-0.4, -0.2) is 47.6 Å². The first-order valence-electron chi connectivity index (χ1n) is 7.04. The second-order valence-electron chi connectivity index (χ2n) is 5.57. The maximum atomic E-state index is 13.3. The lowest BCUT2D eigenvalue weighted by Gasteiger charge is -2.30.